The number of hydrogen-bond acceptors (Lipinski definition) is 3. The lowest BCUT2D eigenvalue weighted by Gasteiger charge is -2.27. The maximum atomic E-state index is 12.4. The van der Waals surface area contributed by atoms with Gasteiger partial charge in [-0.05, 0) is 43.7 Å². The Morgan fingerprint density at radius 2 is 1.62 bits per heavy atom. The fourth-order valence-electron chi connectivity index (χ4n) is 2.01. The first-order chi connectivity index (χ1) is 9.95. The predicted molar refractivity (Wildman–Crippen MR) is 91.4 cm³/mol. The summed E-state index contributed by atoms with van der Waals surface area (Å²) in [5, 5.41) is 0. The van der Waals surface area contributed by atoms with Crippen LogP contribution in [0.4, 0.5) is 0 Å². The highest BCUT2D eigenvalue weighted by atomic mass is 32.2. The molecule has 0 spiro atoms. The van der Waals surface area contributed by atoms with Crippen LogP contribution in [0.1, 0.15) is 18.1 Å². The van der Waals surface area contributed by atoms with Gasteiger partial charge >= 0.3 is 0 Å². The van der Waals surface area contributed by atoms with Crippen molar-refractivity contribution in [1.82, 2.24) is 0 Å². The first kappa shape index (κ1) is 16.1. The van der Waals surface area contributed by atoms with Crippen molar-refractivity contribution in [2.45, 2.75) is 22.8 Å². The summed E-state index contributed by atoms with van der Waals surface area (Å²) in [7, 11) is 0.634. The van der Waals surface area contributed by atoms with Gasteiger partial charge in [0.1, 0.15) is 9.83 Å². The first-order valence-electron chi connectivity index (χ1n) is 6.69. The number of rotatable bonds is 5. The third kappa shape index (κ3) is 3.69. The van der Waals surface area contributed by atoms with E-state index in [0.29, 0.717) is 0 Å². The van der Waals surface area contributed by atoms with Gasteiger partial charge in [0, 0.05) is 22.0 Å². The second-order valence-corrected chi connectivity index (χ2v) is 8.52. The Kier molecular flexibility index (Phi) is 5.12. The molecule has 4 heteroatoms. The number of thioether (sulfide) groups is 1. The highest BCUT2D eigenvalue weighted by molar-refractivity contribution is 8.11. The fraction of sp³-hybridized carbons (Fsp3) is 0.294. The first-order valence-corrected chi connectivity index (χ1v) is 9.07. The quantitative estimate of drug-likeness (QED) is 0.766. The SMILES string of the molecule is COc1ccc(C(C)(Sc2ccc(C)cc2)S(C)=O)cc1. The summed E-state index contributed by atoms with van der Waals surface area (Å²) in [5.41, 5.74) is 2.26. The monoisotopic (exact) mass is 320 g/mol. The molecule has 0 aliphatic heterocycles. The van der Waals surface area contributed by atoms with Crippen molar-refractivity contribution in [3.05, 3.63) is 59.7 Å². The summed E-state index contributed by atoms with van der Waals surface area (Å²) in [4.78, 5) is 1.12. The van der Waals surface area contributed by atoms with E-state index in [2.05, 4.69) is 31.2 Å². The number of aryl methyl sites for hydroxylation is 1. The van der Waals surface area contributed by atoms with E-state index in [1.165, 1.54) is 5.56 Å². The summed E-state index contributed by atoms with van der Waals surface area (Å²) >= 11 is 1.63. The summed E-state index contributed by atoms with van der Waals surface area (Å²) in [6, 6.07) is 16.1. The van der Waals surface area contributed by atoms with Gasteiger partial charge in [0.05, 0.1) is 7.11 Å². The molecule has 2 atom stereocenters. The van der Waals surface area contributed by atoms with Gasteiger partial charge in [0.2, 0.25) is 0 Å². The summed E-state index contributed by atoms with van der Waals surface area (Å²) in [5.74, 6) is 0.809. The Morgan fingerprint density at radius 3 is 2.10 bits per heavy atom. The molecule has 0 N–H and O–H groups in total. The standard InChI is InChI=1S/C17H20O2S2/c1-13-5-11-16(12-6-13)20-17(2,21(4)18)14-7-9-15(19-3)10-8-14/h5-12H,1-4H3. The van der Waals surface area contributed by atoms with Crippen molar-refractivity contribution in [2.24, 2.45) is 0 Å². The zero-order valence-electron chi connectivity index (χ0n) is 12.8. The van der Waals surface area contributed by atoms with Gasteiger partial charge in [-0.1, -0.05) is 29.8 Å². The van der Waals surface area contributed by atoms with Gasteiger partial charge in [-0.3, -0.25) is 4.21 Å². The number of methoxy groups -OCH3 is 1. The van der Waals surface area contributed by atoms with Crippen LogP contribution in [0.3, 0.4) is 0 Å². The summed E-state index contributed by atoms with van der Waals surface area (Å²) in [6.07, 6.45) is 1.76. The van der Waals surface area contributed by atoms with Gasteiger partial charge in [-0.2, -0.15) is 0 Å². The molecule has 0 saturated heterocycles. The van der Waals surface area contributed by atoms with Crippen molar-refractivity contribution < 1.29 is 8.95 Å². The largest absolute Gasteiger partial charge is 0.497 e. The maximum absolute atomic E-state index is 12.4. The molecule has 0 fully saturated rings. The molecular weight excluding hydrogens is 300 g/mol. The molecule has 0 aromatic heterocycles. The van der Waals surface area contributed by atoms with Crippen LogP contribution in [0, 0.1) is 6.92 Å². The maximum Gasteiger partial charge on any atom is 0.118 e. The highest BCUT2D eigenvalue weighted by Crippen LogP contribution is 2.43. The molecule has 0 amide bonds. The molecule has 2 rings (SSSR count). The Hall–Kier alpha value is -1.26. The van der Waals surface area contributed by atoms with Crippen molar-refractivity contribution in [3.8, 4) is 5.75 Å². The van der Waals surface area contributed by atoms with Crippen molar-refractivity contribution in [2.75, 3.05) is 13.4 Å². The number of ether oxygens (including phenoxy) is 1. The van der Waals surface area contributed by atoms with E-state index in [1.54, 1.807) is 25.1 Å². The lowest BCUT2D eigenvalue weighted by atomic mass is 10.1. The summed E-state index contributed by atoms with van der Waals surface area (Å²) in [6.45, 7) is 4.09. The third-order valence-electron chi connectivity index (χ3n) is 3.50. The second kappa shape index (κ2) is 6.67. The summed E-state index contributed by atoms with van der Waals surface area (Å²) < 4.78 is 17.1. The Balaban J connectivity index is 2.34. The molecule has 0 aliphatic carbocycles. The Morgan fingerprint density at radius 1 is 1.05 bits per heavy atom. The van der Waals surface area contributed by atoms with E-state index in [0.717, 1.165) is 16.2 Å². The Bertz CT molecular complexity index is 620. The van der Waals surface area contributed by atoms with Gasteiger partial charge in [-0.15, -0.1) is 11.8 Å². The fourth-order valence-corrected chi connectivity index (χ4v) is 4.21. The molecule has 2 unspecified atom stereocenters. The molecule has 0 aliphatic rings. The van der Waals surface area contributed by atoms with E-state index in [4.69, 9.17) is 4.74 Å². The van der Waals surface area contributed by atoms with Crippen LogP contribution in [-0.4, -0.2) is 17.6 Å². The molecule has 2 nitrogen and oxygen atoms in total. The lowest BCUT2D eigenvalue weighted by molar-refractivity contribution is 0.414. The van der Waals surface area contributed by atoms with Crippen LogP contribution in [-0.2, 0) is 14.9 Å². The lowest BCUT2D eigenvalue weighted by Crippen LogP contribution is -2.22. The van der Waals surface area contributed by atoms with Gasteiger partial charge in [-0.25, -0.2) is 0 Å². The van der Waals surface area contributed by atoms with E-state index in [-0.39, 0.29) is 0 Å². The number of hydrogen-bond donors (Lipinski definition) is 0. The average Bonchev–Trinajstić information content (AvgIpc) is 2.49. The van der Waals surface area contributed by atoms with Crippen LogP contribution in [0.25, 0.3) is 0 Å². The van der Waals surface area contributed by atoms with Crippen molar-refractivity contribution in [3.63, 3.8) is 0 Å². The molecule has 0 saturated carbocycles. The third-order valence-corrected chi connectivity index (χ3v) is 6.92. The minimum atomic E-state index is -1.01. The second-order valence-electron chi connectivity index (χ2n) is 5.04. The molecule has 112 valence electrons. The van der Waals surface area contributed by atoms with Crippen LogP contribution in [0.2, 0.25) is 0 Å². The predicted octanol–water partition coefficient (Wildman–Crippen LogP) is 4.35. The zero-order valence-corrected chi connectivity index (χ0v) is 14.4. The molecule has 21 heavy (non-hydrogen) atoms. The molecule has 2 aromatic carbocycles. The van der Waals surface area contributed by atoms with Crippen LogP contribution in [0.5, 0.6) is 5.75 Å². The van der Waals surface area contributed by atoms with Gasteiger partial charge in [0.25, 0.3) is 0 Å². The molecule has 0 heterocycles. The van der Waals surface area contributed by atoms with Crippen LogP contribution in [0.15, 0.2) is 53.4 Å². The Labute approximate surface area is 133 Å². The molecule has 0 bridgehead atoms. The van der Waals surface area contributed by atoms with E-state index >= 15 is 0 Å². The van der Waals surface area contributed by atoms with Crippen LogP contribution >= 0.6 is 11.8 Å². The van der Waals surface area contributed by atoms with E-state index < -0.39 is 14.9 Å². The molecular formula is C17H20O2S2. The van der Waals surface area contributed by atoms with E-state index in [9.17, 15) is 4.21 Å². The normalized spacial score (nSPS) is 15.2. The van der Waals surface area contributed by atoms with Crippen molar-refractivity contribution >= 4 is 22.6 Å². The minimum Gasteiger partial charge on any atom is -0.497 e. The van der Waals surface area contributed by atoms with Gasteiger partial charge < -0.3 is 4.74 Å². The molecule has 2 aromatic rings. The smallest absolute Gasteiger partial charge is 0.118 e. The van der Waals surface area contributed by atoms with Crippen molar-refractivity contribution in [1.29, 1.82) is 0 Å². The zero-order chi connectivity index (χ0) is 15.5. The highest BCUT2D eigenvalue weighted by Gasteiger charge is 2.32. The van der Waals surface area contributed by atoms with E-state index in [1.807, 2.05) is 31.2 Å². The number of benzene rings is 2. The minimum absolute atomic E-state index is 0.485. The topological polar surface area (TPSA) is 26.3 Å². The van der Waals surface area contributed by atoms with Crippen LogP contribution < -0.4 is 4.74 Å². The van der Waals surface area contributed by atoms with Gasteiger partial charge in [0.15, 0.2) is 0 Å². The molecule has 0 radical (unpaired) electrons. The average molecular weight is 320 g/mol.